The summed E-state index contributed by atoms with van der Waals surface area (Å²) in [6, 6.07) is 3.29. The van der Waals surface area contributed by atoms with Crippen LogP contribution < -0.4 is 14.2 Å². The van der Waals surface area contributed by atoms with Gasteiger partial charge < -0.3 is 19.3 Å². The molecule has 2 unspecified atom stereocenters. The lowest BCUT2D eigenvalue weighted by Crippen LogP contribution is -2.16. The number of rotatable bonds is 5. The van der Waals surface area contributed by atoms with Gasteiger partial charge in [0.2, 0.25) is 0 Å². The van der Waals surface area contributed by atoms with Crippen LogP contribution >= 0.6 is 0 Å². The third-order valence-electron chi connectivity index (χ3n) is 3.76. The highest BCUT2D eigenvalue weighted by Gasteiger charge is 2.36. The van der Waals surface area contributed by atoms with Gasteiger partial charge in [0.1, 0.15) is 17.2 Å². The Bertz CT molecular complexity index is 585. The van der Waals surface area contributed by atoms with E-state index in [1.807, 2.05) is 0 Å². The van der Waals surface area contributed by atoms with E-state index in [1.54, 1.807) is 12.1 Å². The minimum atomic E-state index is -3.07. The zero-order chi connectivity index (χ0) is 15.6. The zero-order valence-electron chi connectivity index (χ0n) is 12.3. The van der Waals surface area contributed by atoms with Gasteiger partial charge in [-0.1, -0.05) is 0 Å². The summed E-state index contributed by atoms with van der Waals surface area (Å²) in [6.07, 6.45) is -0.528. The highest BCUT2D eigenvalue weighted by molar-refractivity contribution is 7.91. The fraction of sp³-hybridized carbons (Fsp3) is 0.571. The van der Waals surface area contributed by atoms with Crippen molar-refractivity contribution in [3.05, 3.63) is 17.7 Å². The molecular formula is C14H20O6S. The molecular weight excluding hydrogens is 296 g/mol. The fourth-order valence-corrected chi connectivity index (χ4v) is 4.46. The van der Waals surface area contributed by atoms with Gasteiger partial charge in [0.05, 0.1) is 44.5 Å². The molecule has 0 radical (unpaired) electrons. The first-order chi connectivity index (χ1) is 9.91. The smallest absolute Gasteiger partial charge is 0.150 e. The van der Waals surface area contributed by atoms with Crippen molar-refractivity contribution >= 4 is 9.84 Å². The zero-order valence-corrected chi connectivity index (χ0v) is 13.1. The minimum absolute atomic E-state index is 0.0213. The maximum atomic E-state index is 11.6. The highest BCUT2D eigenvalue weighted by atomic mass is 32.2. The lowest BCUT2D eigenvalue weighted by Gasteiger charge is -2.22. The topological polar surface area (TPSA) is 82.1 Å². The highest BCUT2D eigenvalue weighted by Crippen LogP contribution is 2.43. The van der Waals surface area contributed by atoms with E-state index in [-0.39, 0.29) is 17.4 Å². The van der Waals surface area contributed by atoms with Gasteiger partial charge in [-0.3, -0.25) is 0 Å². The Labute approximate surface area is 124 Å². The van der Waals surface area contributed by atoms with Crippen LogP contribution in [0.25, 0.3) is 0 Å². The fourth-order valence-electron chi connectivity index (χ4n) is 2.63. The molecule has 21 heavy (non-hydrogen) atoms. The van der Waals surface area contributed by atoms with Crippen LogP contribution in [0.2, 0.25) is 0 Å². The van der Waals surface area contributed by atoms with Crippen LogP contribution in [-0.4, -0.2) is 46.4 Å². The molecule has 1 aliphatic heterocycles. The molecule has 0 amide bonds. The minimum Gasteiger partial charge on any atom is -0.496 e. The van der Waals surface area contributed by atoms with E-state index < -0.39 is 15.9 Å². The van der Waals surface area contributed by atoms with Gasteiger partial charge in [0, 0.05) is 18.1 Å². The van der Waals surface area contributed by atoms with E-state index in [1.165, 1.54) is 21.3 Å². The van der Waals surface area contributed by atoms with Crippen LogP contribution in [0.3, 0.4) is 0 Å². The van der Waals surface area contributed by atoms with Crippen molar-refractivity contribution in [2.45, 2.75) is 12.5 Å². The van der Waals surface area contributed by atoms with Crippen molar-refractivity contribution in [2.75, 3.05) is 32.8 Å². The number of aliphatic hydroxyl groups is 1. The van der Waals surface area contributed by atoms with Gasteiger partial charge in [-0.25, -0.2) is 8.42 Å². The van der Waals surface area contributed by atoms with Gasteiger partial charge in [-0.05, 0) is 6.42 Å². The monoisotopic (exact) mass is 316 g/mol. The van der Waals surface area contributed by atoms with Gasteiger partial charge >= 0.3 is 0 Å². The Morgan fingerprint density at radius 1 is 1.14 bits per heavy atom. The average molecular weight is 316 g/mol. The van der Waals surface area contributed by atoms with Crippen molar-refractivity contribution in [3.8, 4) is 17.2 Å². The van der Waals surface area contributed by atoms with Crippen molar-refractivity contribution in [1.29, 1.82) is 0 Å². The molecule has 2 atom stereocenters. The van der Waals surface area contributed by atoms with Gasteiger partial charge in [-0.2, -0.15) is 0 Å². The third kappa shape index (κ3) is 3.24. The summed E-state index contributed by atoms with van der Waals surface area (Å²) in [7, 11) is 1.42. The average Bonchev–Trinajstić information content (AvgIpc) is 2.85. The lowest BCUT2D eigenvalue weighted by atomic mass is 9.93. The third-order valence-corrected chi connectivity index (χ3v) is 5.56. The standard InChI is InChI=1S/C14H20O6S/c1-18-10-6-11(19-2)13(12(7-10)20-3)14(15)9-4-5-21(16,17)8-9/h6-7,9,14-15H,4-5,8H2,1-3H3. The maximum absolute atomic E-state index is 11.6. The lowest BCUT2D eigenvalue weighted by molar-refractivity contribution is 0.114. The summed E-state index contributed by atoms with van der Waals surface area (Å²) in [6.45, 7) is 0. The number of hydrogen-bond acceptors (Lipinski definition) is 6. The Hall–Kier alpha value is -1.47. The number of hydrogen-bond donors (Lipinski definition) is 1. The van der Waals surface area contributed by atoms with Gasteiger partial charge in [-0.15, -0.1) is 0 Å². The van der Waals surface area contributed by atoms with E-state index >= 15 is 0 Å². The van der Waals surface area contributed by atoms with Crippen molar-refractivity contribution in [3.63, 3.8) is 0 Å². The Morgan fingerprint density at radius 2 is 1.71 bits per heavy atom. The predicted molar refractivity (Wildman–Crippen MR) is 77.8 cm³/mol. The van der Waals surface area contributed by atoms with Gasteiger partial charge in [0.25, 0.3) is 0 Å². The molecule has 6 nitrogen and oxygen atoms in total. The molecule has 1 aromatic rings. The normalized spacial score (nSPS) is 21.8. The van der Waals surface area contributed by atoms with Gasteiger partial charge in [0.15, 0.2) is 9.84 Å². The molecule has 7 heteroatoms. The molecule has 1 aliphatic rings. The number of benzene rings is 1. The SMILES string of the molecule is COc1cc(OC)c(C(O)C2CCS(=O)(=O)C2)c(OC)c1. The summed E-state index contributed by atoms with van der Waals surface area (Å²) in [5.41, 5.74) is 0.461. The quantitative estimate of drug-likeness (QED) is 0.878. The molecule has 1 N–H and O–H groups in total. The molecule has 1 fully saturated rings. The van der Waals surface area contributed by atoms with Crippen LogP contribution in [0, 0.1) is 5.92 Å². The number of methoxy groups -OCH3 is 3. The number of ether oxygens (including phenoxy) is 3. The summed E-state index contributed by atoms with van der Waals surface area (Å²) in [5, 5.41) is 10.6. The molecule has 0 spiro atoms. The first-order valence-corrected chi connectivity index (χ1v) is 8.42. The molecule has 1 saturated heterocycles. The molecule has 0 saturated carbocycles. The Kier molecular flexibility index (Phi) is 4.63. The summed E-state index contributed by atoms with van der Waals surface area (Å²) >= 11 is 0. The largest absolute Gasteiger partial charge is 0.496 e. The molecule has 1 aromatic carbocycles. The van der Waals surface area contributed by atoms with E-state index in [0.717, 1.165) is 0 Å². The first kappa shape index (κ1) is 15.9. The second kappa shape index (κ2) is 6.11. The molecule has 2 rings (SSSR count). The number of aliphatic hydroxyl groups excluding tert-OH is 1. The molecule has 0 bridgehead atoms. The van der Waals surface area contributed by atoms with Crippen molar-refractivity contribution in [1.82, 2.24) is 0 Å². The maximum Gasteiger partial charge on any atom is 0.150 e. The number of sulfone groups is 1. The second-order valence-electron chi connectivity index (χ2n) is 5.05. The van der Waals surface area contributed by atoms with E-state index in [4.69, 9.17) is 14.2 Å². The van der Waals surface area contributed by atoms with Crippen molar-refractivity contribution < 1.29 is 27.7 Å². The van der Waals surface area contributed by atoms with Crippen LogP contribution in [0.1, 0.15) is 18.1 Å². The molecule has 118 valence electrons. The molecule has 1 heterocycles. The van der Waals surface area contributed by atoms with E-state index in [0.29, 0.717) is 29.2 Å². The molecule has 0 aliphatic carbocycles. The predicted octanol–water partition coefficient (Wildman–Crippen LogP) is 1.18. The Balaban J connectivity index is 2.42. The van der Waals surface area contributed by atoms with Crippen LogP contribution in [-0.2, 0) is 9.84 Å². The van der Waals surface area contributed by atoms with Crippen LogP contribution in [0.4, 0.5) is 0 Å². The summed E-state index contributed by atoms with van der Waals surface area (Å²) in [5.74, 6) is 1.11. The Morgan fingerprint density at radius 3 is 2.10 bits per heavy atom. The first-order valence-electron chi connectivity index (χ1n) is 6.60. The van der Waals surface area contributed by atoms with E-state index in [2.05, 4.69) is 0 Å². The summed E-state index contributed by atoms with van der Waals surface area (Å²) in [4.78, 5) is 0. The van der Waals surface area contributed by atoms with Crippen molar-refractivity contribution in [2.24, 2.45) is 5.92 Å². The van der Waals surface area contributed by atoms with Crippen LogP contribution in [0.15, 0.2) is 12.1 Å². The second-order valence-corrected chi connectivity index (χ2v) is 7.28. The summed E-state index contributed by atoms with van der Waals surface area (Å²) < 4.78 is 38.9. The van der Waals surface area contributed by atoms with E-state index in [9.17, 15) is 13.5 Å². The molecule has 0 aromatic heterocycles. The van der Waals surface area contributed by atoms with Crippen LogP contribution in [0.5, 0.6) is 17.2 Å².